The monoisotopic (exact) mass is 258 g/mol. The molecule has 1 aliphatic heterocycles. The highest BCUT2D eigenvalue weighted by Gasteiger charge is 2.39. The molecule has 1 aliphatic rings. The second kappa shape index (κ2) is 7.07. The largest absolute Gasteiger partial charge is 0.389 e. The Bertz CT molecular complexity index is 265. The second-order valence-electron chi connectivity index (χ2n) is 5.21. The lowest BCUT2D eigenvalue weighted by atomic mass is 9.77. The molecule has 1 amide bonds. The third-order valence-electron chi connectivity index (χ3n) is 3.79. The molecule has 18 heavy (non-hydrogen) atoms. The number of amides is 1. The lowest BCUT2D eigenvalue weighted by Gasteiger charge is -2.38. The Balaban J connectivity index is 2.59. The highest BCUT2D eigenvalue weighted by Crippen LogP contribution is 2.32. The van der Waals surface area contributed by atoms with E-state index in [1.165, 1.54) is 0 Å². The van der Waals surface area contributed by atoms with Gasteiger partial charge in [0.2, 0.25) is 5.91 Å². The lowest BCUT2D eigenvalue weighted by molar-refractivity contribution is -0.143. The van der Waals surface area contributed by atoms with Gasteiger partial charge < -0.3 is 20.1 Å². The van der Waals surface area contributed by atoms with Crippen LogP contribution in [0.4, 0.5) is 0 Å². The summed E-state index contributed by atoms with van der Waals surface area (Å²) in [5.74, 6) is 0.132. The summed E-state index contributed by atoms with van der Waals surface area (Å²) in [5, 5.41) is 13.0. The fourth-order valence-electron chi connectivity index (χ4n) is 2.65. The van der Waals surface area contributed by atoms with Crippen LogP contribution in [0.5, 0.6) is 0 Å². The highest BCUT2D eigenvalue weighted by atomic mass is 16.5. The predicted molar refractivity (Wildman–Crippen MR) is 70.3 cm³/mol. The fraction of sp³-hybridized carbons (Fsp3) is 0.923. The number of aliphatic hydroxyl groups excluding tert-OH is 1. The molecular formula is C13H26N2O3. The molecule has 5 nitrogen and oxygen atoms in total. The van der Waals surface area contributed by atoms with Crippen LogP contribution < -0.4 is 5.32 Å². The van der Waals surface area contributed by atoms with Crippen LogP contribution in [-0.4, -0.2) is 62.4 Å². The fourth-order valence-corrected chi connectivity index (χ4v) is 2.65. The molecular weight excluding hydrogens is 232 g/mol. The first-order valence-corrected chi connectivity index (χ1v) is 6.69. The zero-order chi connectivity index (χ0) is 13.6. The lowest BCUT2D eigenvalue weighted by Crippen LogP contribution is -2.52. The van der Waals surface area contributed by atoms with Gasteiger partial charge in [0.15, 0.2) is 0 Å². The summed E-state index contributed by atoms with van der Waals surface area (Å²) in [6, 6.07) is 0. The van der Waals surface area contributed by atoms with Crippen LogP contribution in [0.2, 0.25) is 0 Å². The van der Waals surface area contributed by atoms with Gasteiger partial charge in [-0.25, -0.2) is 0 Å². The maximum Gasteiger partial charge on any atom is 0.229 e. The number of piperidine rings is 1. The number of ether oxygens (including phenoxy) is 1. The van der Waals surface area contributed by atoms with Gasteiger partial charge in [-0.2, -0.15) is 0 Å². The van der Waals surface area contributed by atoms with Gasteiger partial charge in [-0.1, -0.05) is 6.92 Å². The quantitative estimate of drug-likeness (QED) is 0.716. The first kappa shape index (κ1) is 15.4. The molecule has 0 aromatic heterocycles. The molecule has 0 bridgehead atoms. The molecule has 5 heteroatoms. The Kier molecular flexibility index (Phi) is 6.05. The van der Waals surface area contributed by atoms with Crippen molar-refractivity contribution >= 4 is 5.91 Å². The van der Waals surface area contributed by atoms with Gasteiger partial charge in [-0.05, 0) is 25.8 Å². The third-order valence-corrected chi connectivity index (χ3v) is 3.79. The molecule has 0 radical (unpaired) electrons. The maximum atomic E-state index is 12.5. The number of likely N-dealkylation sites (N-methyl/N-ethyl adjacent to an activating group) is 1. The van der Waals surface area contributed by atoms with Crippen molar-refractivity contribution in [3.8, 4) is 0 Å². The summed E-state index contributed by atoms with van der Waals surface area (Å²) in [6.07, 6.45) is 2.19. The topological polar surface area (TPSA) is 61.8 Å². The SMILES string of the molecule is CCC1(C(=O)N(C)CC(O)COC)CCCNC1. The summed E-state index contributed by atoms with van der Waals surface area (Å²) >= 11 is 0. The summed E-state index contributed by atoms with van der Waals surface area (Å²) in [5.41, 5.74) is -0.292. The van der Waals surface area contributed by atoms with Crippen LogP contribution >= 0.6 is 0 Å². The first-order chi connectivity index (χ1) is 8.55. The van der Waals surface area contributed by atoms with Gasteiger partial charge in [-0.15, -0.1) is 0 Å². The number of carbonyl (C=O) groups excluding carboxylic acids is 1. The minimum atomic E-state index is -0.616. The van der Waals surface area contributed by atoms with Crippen molar-refractivity contribution in [3.05, 3.63) is 0 Å². The normalized spacial score (nSPS) is 25.8. The van der Waals surface area contributed by atoms with Crippen LogP contribution in [0.3, 0.4) is 0 Å². The molecule has 0 spiro atoms. The van der Waals surface area contributed by atoms with E-state index in [-0.39, 0.29) is 17.9 Å². The van der Waals surface area contributed by atoms with E-state index in [0.29, 0.717) is 6.54 Å². The van der Waals surface area contributed by atoms with Crippen molar-refractivity contribution in [1.82, 2.24) is 10.2 Å². The summed E-state index contributed by atoms with van der Waals surface area (Å²) in [7, 11) is 3.30. The van der Waals surface area contributed by atoms with Gasteiger partial charge >= 0.3 is 0 Å². The van der Waals surface area contributed by atoms with Crippen LogP contribution in [0.1, 0.15) is 26.2 Å². The van der Waals surface area contributed by atoms with Crippen LogP contribution in [0.25, 0.3) is 0 Å². The average Bonchev–Trinajstić information content (AvgIpc) is 2.38. The predicted octanol–water partition coefficient (Wildman–Crippen LogP) is 0.232. The molecule has 1 fully saturated rings. The molecule has 2 N–H and O–H groups in total. The summed E-state index contributed by atoms with van der Waals surface area (Å²) in [6.45, 7) is 4.38. The van der Waals surface area contributed by atoms with E-state index in [0.717, 1.165) is 32.4 Å². The standard InChI is InChI=1S/C13H26N2O3/c1-4-13(6-5-7-14-10-13)12(17)15(2)8-11(16)9-18-3/h11,14,16H,4-10H2,1-3H3. The van der Waals surface area contributed by atoms with E-state index in [1.807, 2.05) is 0 Å². The minimum Gasteiger partial charge on any atom is -0.389 e. The molecule has 2 atom stereocenters. The van der Waals surface area contributed by atoms with Gasteiger partial charge in [-0.3, -0.25) is 4.79 Å². The Labute approximate surface area is 109 Å². The Morgan fingerprint density at radius 2 is 2.33 bits per heavy atom. The van der Waals surface area contributed by atoms with Gasteiger partial charge in [0.25, 0.3) is 0 Å². The number of carbonyl (C=O) groups is 1. The van der Waals surface area contributed by atoms with Crippen LogP contribution in [0.15, 0.2) is 0 Å². The number of nitrogens with one attached hydrogen (secondary N) is 1. The zero-order valence-electron chi connectivity index (χ0n) is 11.7. The number of hydrogen-bond acceptors (Lipinski definition) is 4. The van der Waals surface area contributed by atoms with Crippen molar-refractivity contribution < 1.29 is 14.6 Å². The van der Waals surface area contributed by atoms with Crippen molar-refractivity contribution in [2.24, 2.45) is 5.41 Å². The Morgan fingerprint density at radius 1 is 1.61 bits per heavy atom. The molecule has 1 saturated heterocycles. The Morgan fingerprint density at radius 3 is 2.83 bits per heavy atom. The van der Waals surface area contributed by atoms with Crippen molar-refractivity contribution in [1.29, 1.82) is 0 Å². The molecule has 0 aliphatic carbocycles. The molecule has 0 aromatic rings. The van der Waals surface area contributed by atoms with E-state index in [2.05, 4.69) is 12.2 Å². The number of methoxy groups -OCH3 is 1. The number of aliphatic hydroxyl groups is 1. The molecule has 0 saturated carbocycles. The highest BCUT2D eigenvalue weighted by molar-refractivity contribution is 5.83. The summed E-state index contributed by atoms with van der Waals surface area (Å²) < 4.78 is 4.88. The molecule has 2 unspecified atom stereocenters. The van der Waals surface area contributed by atoms with Crippen LogP contribution in [-0.2, 0) is 9.53 Å². The summed E-state index contributed by atoms with van der Waals surface area (Å²) in [4.78, 5) is 14.2. The second-order valence-corrected chi connectivity index (χ2v) is 5.21. The van der Waals surface area contributed by atoms with Gasteiger partial charge in [0, 0.05) is 27.2 Å². The third kappa shape index (κ3) is 3.67. The molecule has 106 valence electrons. The molecule has 0 aromatic carbocycles. The van der Waals surface area contributed by atoms with E-state index in [4.69, 9.17) is 4.74 Å². The van der Waals surface area contributed by atoms with E-state index in [9.17, 15) is 9.90 Å². The van der Waals surface area contributed by atoms with E-state index >= 15 is 0 Å². The molecule has 1 heterocycles. The number of hydrogen-bond donors (Lipinski definition) is 2. The number of rotatable bonds is 6. The first-order valence-electron chi connectivity index (χ1n) is 6.69. The van der Waals surface area contributed by atoms with E-state index < -0.39 is 6.10 Å². The van der Waals surface area contributed by atoms with Crippen molar-refractivity contribution in [2.75, 3.05) is 40.4 Å². The van der Waals surface area contributed by atoms with Crippen molar-refractivity contribution in [2.45, 2.75) is 32.3 Å². The van der Waals surface area contributed by atoms with Gasteiger partial charge in [0.1, 0.15) is 0 Å². The molecule has 1 rings (SSSR count). The zero-order valence-corrected chi connectivity index (χ0v) is 11.7. The van der Waals surface area contributed by atoms with Gasteiger partial charge in [0.05, 0.1) is 18.1 Å². The smallest absolute Gasteiger partial charge is 0.229 e. The number of nitrogens with zero attached hydrogens (tertiary/aromatic N) is 1. The van der Waals surface area contributed by atoms with Crippen LogP contribution in [0, 0.1) is 5.41 Å². The van der Waals surface area contributed by atoms with E-state index in [1.54, 1.807) is 19.1 Å². The van der Waals surface area contributed by atoms with Crippen molar-refractivity contribution in [3.63, 3.8) is 0 Å². The minimum absolute atomic E-state index is 0.132. The Hall–Kier alpha value is -0.650. The maximum absolute atomic E-state index is 12.5. The average molecular weight is 258 g/mol.